The smallest absolute Gasteiger partial charge is 0.308 e. The van der Waals surface area contributed by atoms with Crippen LogP contribution in [0.1, 0.15) is 52.1 Å². The van der Waals surface area contributed by atoms with E-state index in [2.05, 4.69) is 0 Å². The van der Waals surface area contributed by atoms with Gasteiger partial charge in [0.15, 0.2) is 28.7 Å². The van der Waals surface area contributed by atoms with Crippen LogP contribution in [0.3, 0.4) is 0 Å². The lowest BCUT2D eigenvalue weighted by Gasteiger charge is -2.52. The van der Waals surface area contributed by atoms with Gasteiger partial charge in [0.25, 0.3) is 5.91 Å². The molecule has 0 radical (unpaired) electrons. The monoisotopic (exact) mass is 643 g/mol. The number of nitrogens with zero attached hydrogens (tertiary/aromatic N) is 3. The number of halogens is 2. The van der Waals surface area contributed by atoms with Gasteiger partial charge in [-0.2, -0.15) is 0 Å². The van der Waals surface area contributed by atoms with Gasteiger partial charge < -0.3 is 19.1 Å². The van der Waals surface area contributed by atoms with Crippen molar-refractivity contribution in [2.45, 2.75) is 48.4 Å². The molecule has 9 nitrogen and oxygen atoms in total. The van der Waals surface area contributed by atoms with Gasteiger partial charge in [-0.05, 0) is 41.0 Å². The van der Waals surface area contributed by atoms with Crippen LogP contribution >= 0.6 is 11.8 Å². The van der Waals surface area contributed by atoms with Gasteiger partial charge in [0.05, 0.1) is 12.6 Å². The molecule has 1 spiro atoms. The van der Waals surface area contributed by atoms with Crippen molar-refractivity contribution < 1.29 is 32.6 Å². The van der Waals surface area contributed by atoms with Crippen molar-refractivity contribution >= 4 is 23.6 Å². The summed E-state index contributed by atoms with van der Waals surface area (Å²) in [5, 5.41) is 1.99. The SMILES string of the molecule is CC(=O)Oc1ccc(COc2c3n(ccc2=O)N([C@@H]2c4ccccc4SCc4c2ccc(F)c4F)[C@@]24CC2OCCN4C3=O)cc1. The number of hydrogen-bond acceptors (Lipinski definition) is 8. The number of hydrogen-bond donors (Lipinski definition) is 0. The Balaban J connectivity index is 1.29. The molecule has 0 N–H and O–H groups in total. The molecule has 4 aromatic rings. The summed E-state index contributed by atoms with van der Waals surface area (Å²) >= 11 is 1.43. The molecule has 4 aliphatic rings. The van der Waals surface area contributed by atoms with Crippen LogP contribution in [0.4, 0.5) is 8.78 Å². The largest absolute Gasteiger partial charge is 0.482 e. The first-order valence-corrected chi connectivity index (χ1v) is 15.8. The van der Waals surface area contributed by atoms with Gasteiger partial charge >= 0.3 is 5.97 Å². The zero-order valence-electron chi connectivity index (χ0n) is 24.6. The first-order valence-electron chi connectivity index (χ1n) is 14.9. The Morgan fingerprint density at radius 2 is 1.85 bits per heavy atom. The predicted octanol–water partition coefficient (Wildman–Crippen LogP) is 4.92. The molecule has 1 unspecified atom stereocenters. The van der Waals surface area contributed by atoms with Gasteiger partial charge in [-0.15, -0.1) is 11.8 Å². The third-order valence-electron chi connectivity index (χ3n) is 8.98. The maximum absolute atomic E-state index is 15.5. The first-order chi connectivity index (χ1) is 22.3. The second-order valence-electron chi connectivity index (χ2n) is 11.6. The topological polar surface area (TPSA) is 90.3 Å². The quantitative estimate of drug-likeness (QED) is 0.224. The lowest BCUT2D eigenvalue weighted by Crippen LogP contribution is -2.68. The Hall–Kier alpha value is -4.68. The van der Waals surface area contributed by atoms with Crippen LogP contribution in [-0.2, 0) is 21.9 Å². The minimum Gasteiger partial charge on any atom is -0.482 e. The summed E-state index contributed by atoms with van der Waals surface area (Å²) < 4.78 is 49.1. The van der Waals surface area contributed by atoms with Crippen molar-refractivity contribution in [1.29, 1.82) is 0 Å². The van der Waals surface area contributed by atoms with Crippen LogP contribution in [0.5, 0.6) is 11.5 Å². The molecule has 46 heavy (non-hydrogen) atoms. The summed E-state index contributed by atoms with van der Waals surface area (Å²) in [6, 6.07) is 17.8. The predicted molar refractivity (Wildman–Crippen MR) is 163 cm³/mol. The molecule has 1 saturated carbocycles. The van der Waals surface area contributed by atoms with E-state index in [9.17, 15) is 18.8 Å². The first kappa shape index (κ1) is 28.8. The van der Waals surface area contributed by atoms with Crippen molar-refractivity contribution in [2.75, 3.05) is 18.2 Å². The number of thioether (sulfide) groups is 1. The number of fused-ring (bicyclic) bond motifs is 3. The third-order valence-corrected chi connectivity index (χ3v) is 10.1. The molecule has 1 aromatic heterocycles. The maximum Gasteiger partial charge on any atom is 0.308 e. The molecular formula is C34H27F2N3O6S. The average Bonchev–Trinajstić information content (AvgIpc) is 3.81. The Morgan fingerprint density at radius 3 is 2.65 bits per heavy atom. The molecular weight excluding hydrogens is 616 g/mol. The molecule has 8 rings (SSSR count). The van der Waals surface area contributed by atoms with Gasteiger partial charge in [0.2, 0.25) is 5.43 Å². The Labute approximate surface area is 266 Å². The van der Waals surface area contributed by atoms with Gasteiger partial charge in [-0.25, -0.2) is 8.78 Å². The number of carbonyl (C=O) groups is 2. The Morgan fingerprint density at radius 1 is 1.04 bits per heavy atom. The number of benzene rings is 3. The van der Waals surface area contributed by atoms with Crippen LogP contribution in [0.15, 0.2) is 82.6 Å². The van der Waals surface area contributed by atoms with Crippen molar-refractivity contribution in [3.63, 3.8) is 0 Å². The van der Waals surface area contributed by atoms with Gasteiger partial charge in [0, 0.05) is 48.4 Å². The zero-order valence-corrected chi connectivity index (χ0v) is 25.4. The summed E-state index contributed by atoms with van der Waals surface area (Å²) in [5.41, 5.74) is 1.00. The van der Waals surface area contributed by atoms with Gasteiger partial charge in [-0.1, -0.05) is 36.4 Å². The Bertz CT molecular complexity index is 1980. The van der Waals surface area contributed by atoms with E-state index in [0.29, 0.717) is 29.9 Å². The molecule has 3 aromatic carbocycles. The highest BCUT2D eigenvalue weighted by Crippen LogP contribution is 2.56. The second kappa shape index (κ2) is 10.7. The second-order valence-corrected chi connectivity index (χ2v) is 12.6. The van der Waals surface area contributed by atoms with E-state index in [4.69, 9.17) is 14.2 Å². The van der Waals surface area contributed by atoms with Crippen LogP contribution in [-0.4, -0.2) is 46.4 Å². The molecule has 234 valence electrons. The van der Waals surface area contributed by atoms with E-state index < -0.39 is 34.7 Å². The molecule has 1 saturated heterocycles. The molecule has 3 atom stereocenters. The highest BCUT2D eigenvalue weighted by molar-refractivity contribution is 7.98. The van der Waals surface area contributed by atoms with Gasteiger partial charge in [0.1, 0.15) is 18.5 Å². The van der Waals surface area contributed by atoms with E-state index in [1.165, 1.54) is 24.8 Å². The van der Waals surface area contributed by atoms with Crippen LogP contribution in [0.2, 0.25) is 0 Å². The minimum atomic E-state index is -0.927. The van der Waals surface area contributed by atoms with Crippen molar-refractivity contribution in [3.05, 3.63) is 123 Å². The summed E-state index contributed by atoms with van der Waals surface area (Å²) in [4.78, 5) is 41.7. The molecule has 1 aliphatic carbocycles. The molecule has 4 heterocycles. The number of ether oxygens (including phenoxy) is 3. The average molecular weight is 644 g/mol. The standard InChI is InChI=1S/C34H27F2N3O6S/c1-19(40)45-21-8-6-20(7-9-21)17-44-32-26(41)12-13-38-31(32)33(42)37-14-15-43-28-16-34(28,37)39(38)30-22-10-11-25(35)29(36)24(22)18-46-27-5-3-2-4-23(27)30/h2-13,28,30H,14-18H2,1H3/t28?,30-,34-/m0/s1. The van der Waals surface area contributed by atoms with E-state index in [1.807, 2.05) is 29.3 Å². The Kier molecular flexibility index (Phi) is 6.69. The summed E-state index contributed by atoms with van der Waals surface area (Å²) in [6.45, 7) is 1.87. The number of esters is 1. The normalized spacial score (nSPS) is 22.5. The molecule has 3 aliphatic heterocycles. The number of carbonyl (C=O) groups excluding carboxylic acids is 2. The number of pyridine rings is 1. The number of amides is 1. The zero-order chi connectivity index (χ0) is 31.7. The van der Waals surface area contributed by atoms with Crippen molar-refractivity contribution in [2.24, 2.45) is 0 Å². The van der Waals surface area contributed by atoms with Crippen molar-refractivity contribution in [3.8, 4) is 11.5 Å². The van der Waals surface area contributed by atoms with E-state index in [0.717, 1.165) is 16.5 Å². The number of aromatic nitrogens is 1. The van der Waals surface area contributed by atoms with E-state index in [1.54, 1.807) is 46.1 Å². The fourth-order valence-electron chi connectivity index (χ4n) is 6.90. The number of morpholine rings is 1. The van der Waals surface area contributed by atoms with Crippen molar-refractivity contribution in [1.82, 2.24) is 9.58 Å². The molecule has 12 heteroatoms. The minimum absolute atomic E-state index is 0.0347. The van der Waals surface area contributed by atoms with Crippen LogP contribution < -0.4 is 19.9 Å². The third kappa shape index (κ3) is 4.34. The van der Waals surface area contributed by atoms with Gasteiger partial charge in [-0.3, -0.25) is 24.1 Å². The highest BCUT2D eigenvalue weighted by Gasteiger charge is 2.71. The fourth-order valence-corrected chi connectivity index (χ4v) is 8.02. The lowest BCUT2D eigenvalue weighted by molar-refractivity contribution is -0.131. The van der Waals surface area contributed by atoms with Crippen LogP contribution in [0.25, 0.3) is 0 Å². The molecule has 1 amide bonds. The lowest BCUT2D eigenvalue weighted by atomic mass is 9.92. The highest BCUT2D eigenvalue weighted by atomic mass is 32.2. The summed E-state index contributed by atoms with van der Waals surface area (Å²) in [5.74, 6) is -2.18. The molecule has 2 fully saturated rings. The van der Waals surface area contributed by atoms with E-state index in [-0.39, 0.29) is 47.9 Å². The number of rotatable bonds is 5. The molecule has 0 bridgehead atoms. The fraction of sp³-hybridized carbons (Fsp3) is 0.265. The summed E-state index contributed by atoms with van der Waals surface area (Å²) in [6.07, 6.45) is 1.72. The maximum atomic E-state index is 15.5. The van der Waals surface area contributed by atoms with Crippen LogP contribution in [0, 0.1) is 11.6 Å². The van der Waals surface area contributed by atoms with E-state index >= 15 is 4.39 Å². The summed E-state index contributed by atoms with van der Waals surface area (Å²) in [7, 11) is 0.